The summed E-state index contributed by atoms with van der Waals surface area (Å²) in [5.74, 6) is 0. The van der Waals surface area contributed by atoms with Gasteiger partial charge >= 0.3 is 0 Å². The minimum atomic E-state index is -0.290. The lowest BCUT2D eigenvalue weighted by Crippen LogP contribution is -2.52. The van der Waals surface area contributed by atoms with Crippen molar-refractivity contribution in [2.45, 2.75) is 56.7 Å². The third-order valence-corrected chi connectivity index (χ3v) is 6.78. The molecule has 0 saturated carbocycles. The van der Waals surface area contributed by atoms with Crippen LogP contribution in [0.3, 0.4) is 0 Å². The van der Waals surface area contributed by atoms with Crippen LogP contribution in [0.4, 0.5) is 0 Å². The molecule has 2 aromatic heterocycles. The van der Waals surface area contributed by atoms with E-state index < -0.39 is 0 Å². The zero-order valence-electron chi connectivity index (χ0n) is 14.5. The first-order valence-electron chi connectivity index (χ1n) is 8.36. The summed E-state index contributed by atoms with van der Waals surface area (Å²) in [5, 5.41) is 12.1. The zero-order valence-corrected chi connectivity index (χ0v) is 16.0. The molecule has 24 heavy (non-hydrogen) atoms. The molecular formula is C17H23ClN4OS. The number of hydrogen-bond donors (Lipinski definition) is 1. The average molecular weight is 367 g/mol. The van der Waals surface area contributed by atoms with Crippen LogP contribution >= 0.6 is 22.9 Å². The lowest BCUT2D eigenvalue weighted by Gasteiger charge is -2.49. The number of ether oxygens (including phenoxy) is 1. The summed E-state index contributed by atoms with van der Waals surface area (Å²) < 4.78 is 9.14. The summed E-state index contributed by atoms with van der Waals surface area (Å²) in [5.41, 5.74) is 1.96. The number of halogens is 1. The molecule has 4 rings (SSSR count). The maximum absolute atomic E-state index is 6.54. The van der Waals surface area contributed by atoms with Crippen molar-refractivity contribution in [3.8, 4) is 0 Å². The molecule has 2 aromatic rings. The second-order valence-corrected chi connectivity index (χ2v) is 9.49. The Morgan fingerprint density at radius 2 is 2.21 bits per heavy atom. The highest BCUT2D eigenvalue weighted by molar-refractivity contribution is 7.16. The van der Waals surface area contributed by atoms with Gasteiger partial charge in [0.1, 0.15) is 0 Å². The number of piperidine rings is 1. The van der Waals surface area contributed by atoms with Crippen LogP contribution in [0, 0.1) is 0 Å². The standard InChI is InChI=1S/C17H23ClN4OS/c1-10-6-17(7-12(19-10)13-8-22(4)21-20-13)11-5-14(18)24-15(11)16(2,3)9-23-17/h5,8,10,12,19H,6-7,9H2,1-4H3/t10-,12-,17?/m0/s1. The topological polar surface area (TPSA) is 52.0 Å². The summed E-state index contributed by atoms with van der Waals surface area (Å²) in [7, 11) is 1.90. The Balaban J connectivity index is 1.76. The largest absolute Gasteiger partial charge is 0.369 e. The molecule has 1 fully saturated rings. The van der Waals surface area contributed by atoms with Crippen molar-refractivity contribution in [1.82, 2.24) is 20.3 Å². The molecule has 4 heterocycles. The van der Waals surface area contributed by atoms with Crippen LogP contribution < -0.4 is 5.32 Å². The third-order valence-electron chi connectivity index (χ3n) is 5.15. The molecule has 0 radical (unpaired) electrons. The first kappa shape index (κ1) is 16.5. The minimum Gasteiger partial charge on any atom is -0.369 e. The third kappa shape index (κ3) is 2.60. The van der Waals surface area contributed by atoms with Gasteiger partial charge in [-0.2, -0.15) is 0 Å². The van der Waals surface area contributed by atoms with Crippen molar-refractivity contribution in [3.05, 3.63) is 32.7 Å². The molecule has 2 aliphatic heterocycles. The number of hydrogen-bond acceptors (Lipinski definition) is 5. The van der Waals surface area contributed by atoms with Crippen LogP contribution in [-0.2, 0) is 22.8 Å². The van der Waals surface area contributed by atoms with Gasteiger partial charge in [0.2, 0.25) is 0 Å². The number of thiophene rings is 1. The van der Waals surface area contributed by atoms with Crippen LogP contribution in [0.15, 0.2) is 12.3 Å². The maximum atomic E-state index is 6.54. The van der Waals surface area contributed by atoms with Gasteiger partial charge in [-0.15, -0.1) is 16.4 Å². The average Bonchev–Trinajstić information content (AvgIpc) is 3.11. The molecule has 0 amide bonds. The number of aromatic nitrogens is 3. The van der Waals surface area contributed by atoms with Crippen molar-refractivity contribution in [3.63, 3.8) is 0 Å². The van der Waals surface area contributed by atoms with Crippen LogP contribution in [0.5, 0.6) is 0 Å². The smallest absolute Gasteiger partial charge is 0.0997 e. The quantitative estimate of drug-likeness (QED) is 0.838. The molecule has 2 aliphatic rings. The van der Waals surface area contributed by atoms with Gasteiger partial charge in [0.15, 0.2) is 0 Å². The van der Waals surface area contributed by atoms with E-state index in [9.17, 15) is 0 Å². The van der Waals surface area contributed by atoms with E-state index in [0.717, 1.165) is 29.5 Å². The van der Waals surface area contributed by atoms with E-state index in [1.807, 2.05) is 13.2 Å². The Morgan fingerprint density at radius 1 is 1.42 bits per heavy atom. The minimum absolute atomic E-state index is 0.00849. The Kier molecular flexibility index (Phi) is 3.80. The van der Waals surface area contributed by atoms with E-state index in [1.54, 1.807) is 16.0 Å². The predicted octanol–water partition coefficient (Wildman–Crippen LogP) is 3.55. The van der Waals surface area contributed by atoms with E-state index in [0.29, 0.717) is 6.04 Å². The molecule has 130 valence electrons. The number of nitrogens with zero attached hydrogens (tertiary/aromatic N) is 3. The first-order chi connectivity index (χ1) is 11.3. The van der Waals surface area contributed by atoms with Crippen molar-refractivity contribution >= 4 is 22.9 Å². The van der Waals surface area contributed by atoms with E-state index in [2.05, 4.69) is 42.5 Å². The van der Waals surface area contributed by atoms with Crippen molar-refractivity contribution < 1.29 is 4.74 Å². The Bertz CT molecular complexity index is 770. The lowest BCUT2D eigenvalue weighted by molar-refractivity contribution is -0.116. The van der Waals surface area contributed by atoms with E-state index >= 15 is 0 Å². The predicted molar refractivity (Wildman–Crippen MR) is 95.6 cm³/mol. The van der Waals surface area contributed by atoms with Gasteiger partial charge in [-0.25, -0.2) is 0 Å². The van der Waals surface area contributed by atoms with Crippen molar-refractivity contribution in [1.29, 1.82) is 0 Å². The normalized spacial score (nSPS) is 32.0. The molecule has 1 N–H and O–H groups in total. The van der Waals surface area contributed by atoms with Gasteiger partial charge < -0.3 is 10.1 Å². The summed E-state index contributed by atoms with van der Waals surface area (Å²) in [6.07, 6.45) is 3.78. The van der Waals surface area contributed by atoms with Gasteiger partial charge in [0.05, 0.1) is 28.3 Å². The molecular weight excluding hydrogens is 344 g/mol. The van der Waals surface area contributed by atoms with Gasteiger partial charge in [-0.1, -0.05) is 30.7 Å². The van der Waals surface area contributed by atoms with E-state index in [-0.39, 0.29) is 17.1 Å². The number of aryl methyl sites for hydroxylation is 1. The number of fused-ring (bicyclic) bond motifs is 2. The van der Waals surface area contributed by atoms with Crippen molar-refractivity contribution in [2.24, 2.45) is 7.05 Å². The van der Waals surface area contributed by atoms with Crippen LogP contribution in [0.25, 0.3) is 0 Å². The molecule has 0 aliphatic carbocycles. The van der Waals surface area contributed by atoms with Crippen LogP contribution in [-0.4, -0.2) is 27.6 Å². The second-order valence-electron chi connectivity index (χ2n) is 7.81. The summed E-state index contributed by atoms with van der Waals surface area (Å²) in [6, 6.07) is 2.59. The summed E-state index contributed by atoms with van der Waals surface area (Å²) in [4.78, 5) is 1.37. The van der Waals surface area contributed by atoms with Crippen molar-refractivity contribution in [2.75, 3.05) is 6.61 Å². The second kappa shape index (κ2) is 5.53. The number of rotatable bonds is 1. The highest BCUT2D eigenvalue weighted by Crippen LogP contribution is 2.53. The Hall–Kier alpha value is -0.950. The molecule has 5 nitrogen and oxygen atoms in total. The summed E-state index contributed by atoms with van der Waals surface area (Å²) in [6.45, 7) is 7.39. The Morgan fingerprint density at radius 3 is 2.92 bits per heavy atom. The van der Waals surface area contributed by atoms with Gasteiger partial charge in [0, 0.05) is 36.0 Å². The van der Waals surface area contributed by atoms with E-state index in [1.165, 1.54) is 10.4 Å². The monoisotopic (exact) mass is 366 g/mol. The maximum Gasteiger partial charge on any atom is 0.0997 e. The van der Waals surface area contributed by atoms with Crippen LogP contribution in [0.2, 0.25) is 4.34 Å². The highest BCUT2D eigenvalue weighted by Gasteiger charge is 2.50. The van der Waals surface area contributed by atoms with Gasteiger partial charge in [0.25, 0.3) is 0 Å². The fourth-order valence-corrected chi connectivity index (χ4v) is 5.49. The molecule has 7 heteroatoms. The molecule has 3 atom stereocenters. The molecule has 1 saturated heterocycles. The zero-order chi connectivity index (χ0) is 17.1. The SMILES string of the molecule is C[C@H]1CC2(C[C@@H](c3cn(C)nn3)N1)OCC(C)(C)c1sc(Cl)cc12. The molecule has 0 bridgehead atoms. The molecule has 1 unspecified atom stereocenters. The highest BCUT2D eigenvalue weighted by atomic mass is 35.5. The molecule has 1 spiro atoms. The Labute approximate surface area is 151 Å². The first-order valence-corrected chi connectivity index (χ1v) is 9.55. The molecule has 0 aromatic carbocycles. The fourth-order valence-electron chi connectivity index (χ4n) is 4.09. The summed E-state index contributed by atoms with van der Waals surface area (Å²) >= 11 is 8.10. The number of nitrogens with one attached hydrogen (secondary N) is 1. The van der Waals surface area contributed by atoms with Gasteiger partial charge in [-0.05, 0) is 25.0 Å². The van der Waals surface area contributed by atoms with E-state index in [4.69, 9.17) is 16.3 Å². The fraction of sp³-hybridized carbons (Fsp3) is 0.647. The van der Waals surface area contributed by atoms with Crippen LogP contribution in [0.1, 0.15) is 55.8 Å². The van der Waals surface area contributed by atoms with Gasteiger partial charge in [-0.3, -0.25) is 4.68 Å². The lowest BCUT2D eigenvalue weighted by atomic mass is 9.73.